The van der Waals surface area contributed by atoms with Crippen molar-refractivity contribution < 1.29 is 14.6 Å². The van der Waals surface area contributed by atoms with Crippen molar-refractivity contribution in [2.75, 3.05) is 20.3 Å². The maximum Gasteiger partial charge on any atom is 0.0840 e. The average Bonchev–Trinajstić information content (AvgIpc) is 2.84. The van der Waals surface area contributed by atoms with E-state index in [0.29, 0.717) is 25.0 Å². The summed E-state index contributed by atoms with van der Waals surface area (Å²) in [6.45, 7) is 6.08. The van der Waals surface area contributed by atoms with Crippen molar-refractivity contribution in [3.8, 4) is 6.07 Å². The number of nitriles is 1. The maximum absolute atomic E-state index is 10.8. The van der Waals surface area contributed by atoms with E-state index in [1.54, 1.807) is 7.11 Å². The van der Waals surface area contributed by atoms with Crippen LogP contribution in [0.15, 0.2) is 0 Å². The molecule has 4 nitrogen and oxygen atoms in total. The zero-order valence-corrected chi connectivity index (χ0v) is 18.0. The number of rotatable bonds is 4. The number of aliphatic hydroxyl groups excluding tert-OH is 1. The summed E-state index contributed by atoms with van der Waals surface area (Å²) in [5.74, 6) is 3.05. The molecule has 0 aromatic carbocycles. The molecule has 0 radical (unpaired) electrons. The minimum absolute atomic E-state index is 0.0573. The second-order valence-corrected chi connectivity index (χ2v) is 10.8. The first-order chi connectivity index (χ1) is 13.4. The Kier molecular flexibility index (Phi) is 5.82. The maximum atomic E-state index is 10.8. The van der Waals surface area contributed by atoms with Crippen molar-refractivity contribution in [3.63, 3.8) is 0 Å². The van der Waals surface area contributed by atoms with Gasteiger partial charge in [-0.2, -0.15) is 5.26 Å². The third kappa shape index (κ3) is 3.32. The molecule has 4 rings (SSSR count). The minimum Gasteiger partial charge on any atom is -0.390 e. The molecular weight excluding hydrogens is 350 g/mol. The molecule has 158 valence electrons. The van der Waals surface area contributed by atoms with E-state index in [9.17, 15) is 10.4 Å². The zero-order valence-electron chi connectivity index (χ0n) is 18.0. The van der Waals surface area contributed by atoms with E-state index in [2.05, 4.69) is 19.9 Å². The molecule has 0 spiro atoms. The predicted octanol–water partition coefficient (Wildman–Crippen LogP) is 4.56. The van der Waals surface area contributed by atoms with Crippen LogP contribution in [0.1, 0.15) is 71.6 Å². The fourth-order valence-electron chi connectivity index (χ4n) is 7.93. The molecule has 0 heterocycles. The largest absolute Gasteiger partial charge is 0.390 e. The lowest BCUT2D eigenvalue weighted by atomic mass is 9.57. The SMILES string of the molecule is COCCO[C@H]1C[C@]2(C)[C@H]3CC[C@]4(C)[C@@H](C#N)CC[C@H]4[C@H](CC[C@H]2C[C@@H]1O)C3. The molecule has 0 unspecified atom stereocenters. The van der Waals surface area contributed by atoms with Crippen molar-refractivity contribution in [2.24, 2.45) is 40.4 Å². The Bertz CT molecular complexity index is 603. The first-order valence-electron chi connectivity index (χ1n) is 11.6. The number of methoxy groups -OCH3 is 1. The zero-order chi connectivity index (χ0) is 19.9. The average molecular weight is 390 g/mol. The first-order valence-corrected chi connectivity index (χ1v) is 11.6. The van der Waals surface area contributed by atoms with Gasteiger partial charge in [0, 0.05) is 7.11 Å². The van der Waals surface area contributed by atoms with Crippen LogP contribution in [0.4, 0.5) is 0 Å². The standard InChI is InChI=1S/C24H39NO3/c1-23-9-8-18-12-16(20(23)7-6-19(23)15-25)4-5-17-13-21(26)22(14-24(17,18)2)28-11-10-27-3/h16-22,26H,4-14H2,1-3H3/t16-,17+,18+,19-,20+,21+,22+,23-,24+/m1/s1. The summed E-state index contributed by atoms with van der Waals surface area (Å²) < 4.78 is 11.2. The molecule has 0 aliphatic heterocycles. The van der Waals surface area contributed by atoms with Crippen LogP contribution >= 0.6 is 0 Å². The van der Waals surface area contributed by atoms with Crippen LogP contribution in [0, 0.1) is 51.8 Å². The molecule has 0 aromatic rings. The van der Waals surface area contributed by atoms with Gasteiger partial charge in [-0.1, -0.05) is 13.8 Å². The number of nitrogens with zero attached hydrogens (tertiary/aromatic N) is 1. The summed E-state index contributed by atoms with van der Waals surface area (Å²) in [7, 11) is 1.70. The number of fused-ring (bicyclic) bond motifs is 6. The molecule has 9 atom stereocenters. The number of hydrogen-bond acceptors (Lipinski definition) is 4. The van der Waals surface area contributed by atoms with Gasteiger partial charge in [0.2, 0.25) is 0 Å². The number of aliphatic hydroxyl groups is 1. The molecule has 0 saturated heterocycles. The summed E-state index contributed by atoms with van der Waals surface area (Å²) in [5.41, 5.74) is 0.475. The van der Waals surface area contributed by atoms with Gasteiger partial charge < -0.3 is 14.6 Å². The van der Waals surface area contributed by atoms with Crippen LogP contribution in [0.25, 0.3) is 0 Å². The lowest BCUT2D eigenvalue weighted by Gasteiger charge is -2.50. The molecule has 2 bridgehead atoms. The molecule has 28 heavy (non-hydrogen) atoms. The van der Waals surface area contributed by atoms with E-state index in [1.165, 1.54) is 38.5 Å². The molecule has 4 aliphatic carbocycles. The molecule has 4 fully saturated rings. The van der Waals surface area contributed by atoms with Crippen molar-refractivity contribution in [1.29, 1.82) is 5.26 Å². The normalized spacial score (nSPS) is 50.8. The Hall–Kier alpha value is -0.630. The fourth-order valence-corrected chi connectivity index (χ4v) is 7.93. The van der Waals surface area contributed by atoms with Crippen LogP contribution in [0.3, 0.4) is 0 Å². The second-order valence-electron chi connectivity index (χ2n) is 10.8. The Labute approximate surface area is 171 Å². The number of ether oxygens (including phenoxy) is 2. The Morgan fingerprint density at radius 3 is 2.54 bits per heavy atom. The summed E-state index contributed by atoms with van der Waals surface area (Å²) in [6, 6.07) is 2.67. The van der Waals surface area contributed by atoms with Gasteiger partial charge in [-0.25, -0.2) is 0 Å². The van der Waals surface area contributed by atoms with Crippen LogP contribution in [0.2, 0.25) is 0 Å². The van der Waals surface area contributed by atoms with E-state index >= 15 is 0 Å². The third-order valence-corrected chi connectivity index (χ3v) is 9.72. The summed E-state index contributed by atoms with van der Waals surface area (Å²) in [4.78, 5) is 0. The molecule has 1 N–H and O–H groups in total. The first kappa shape index (κ1) is 20.6. The minimum atomic E-state index is -0.338. The van der Waals surface area contributed by atoms with Gasteiger partial charge in [-0.3, -0.25) is 0 Å². The van der Waals surface area contributed by atoms with Gasteiger partial charge in [0.05, 0.1) is 37.4 Å². The summed E-state index contributed by atoms with van der Waals surface area (Å²) in [5, 5.41) is 20.5. The third-order valence-electron chi connectivity index (χ3n) is 9.72. The van der Waals surface area contributed by atoms with E-state index < -0.39 is 0 Å². The summed E-state index contributed by atoms with van der Waals surface area (Å²) >= 11 is 0. The Balaban J connectivity index is 1.56. The van der Waals surface area contributed by atoms with E-state index in [4.69, 9.17) is 9.47 Å². The topological polar surface area (TPSA) is 62.5 Å². The lowest BCUT2D eigenvalue weighted by Crippen LogP contribution is -2.49. The van der Waals surface area contributed by atoms with Gasteiger partial charge in [0.1, 0.15) is 0 Å². The van der Waals surface area contributed by atoms with Crippen LogP contribution < -0.4 is 0 Å². The molecule has 0 amide bonds. The van der Waals surface area contributed by atoms with E-state index in [0.717, 1.165) is 31.1 Å². The van der Waals surface area contributed by atoms with Crippen LogP contribution in [-0.4, -0.2) is 37.6 Å². The highest BCUT2D eigenvalue weighted by Crippen LogP contribution is 2.64. The number of hydrogen-bond donors (Lipinski definition) is 1. The van der Waals surface area contributed by atoms with Crippen molar-refractivity contribution in [1.82, 2.24) is 0 Å². The molecular formula is C24H39NO3. The van der Waals surface area contributed by atoms with Gasteiger partial charge >= 0.3 is 0 Å². The smallest absolute Gasteiger partial charge is 0.0840 e. The lowest BCUT2D eigenvalue weighted by molar-refractivity contribution is -0.132. The monoisotopic (exact) mass is 389 g/mol. The van der Waals surface area contributed by atoms with Crippen molar-refractivity contribution in [2.45, 2.75) is 83.8 Å². The van der Waals surface area contributed by atoms with Crippen molar-refractivity contribution >= 4 is 0 Å². The van der Waals surface area contributed by atoms with Crippen LogP contribution in [0.5, 0.6) is 0 Å². The van der Waals surface area contributed by atoms with E-state index in [1.807, 2.05) is 0 Å². The molecule has 4 saturated carbocycles. The van der Waals surface area contributed by atoms with Gasteiger partial charge in [-0.15, -0.1) is 0 Å². The highest BCUT2D eigenvalue weighted by Gasteiger charge is 2.57. The molecule has 4 heteroatoms. The van der Waals surface area contributed by atoms with E-state index in [-0.39, 0.29) is 29.0 Å². The fraction of sp³-hybridized carbons (Fsp3) is 0.958. The highest BCUT2D eigenvalue weighted by molar-refractivity contribution is 5.10. The predicted molar refractivity (Wildman–Crippen MR) is 108 cm³/mol. The van der Waals surface area contributed by atoms with Gasteiger partial charge in [0.25, 0.3) is 0 Å². The van der Waals surface area contributed by atoms with Gasteiger partial charge in [0.15, 0.2) is 0 Å². The van der Waals surface area contributed by atoms with Crippen molar-refractivity contribution in [3.05, 3.63) is 0 Å². The quantitative estimate of drug-likeness (QED) is 0.716. The van der Waals surface area contributed by atoms with Crippen LogP contribution in [-0.2, 0) is 9.47 Å². The Morgan fingerprint density at radius 2 is 1.79 bits per heavy atom. The molecule has 0 aromatic heterocycles. The molecule has 4 aliphatic rings. The Morgan fingerprint density at radius 1 is 1.00 bits per heavy atom. The van der Waals surface area contributed by atoms with Gasteiger partial charge in [-0.05, 0) is 92.3 Å². The summed E-state index contributed by atoms with van der Waals surface area (Å²) in [6.07, 6.45) is 10.1. The second kappa shape index (κ2) is 7.89. The highest BCUT2D eigenvalue weighted by atomic mass is 16.5.